The van der Waals surface area contributed by atoms with E-state index in [2.05, 4.69) is 16.9 Å². The zero-order valence-electron chi connectivity index (χ0n) is 8.99. The standard InChI is InChI=1S/C12H12N2O2/c1-3-6-13-12-14-10-7-8(2)4-5-9(10)11(15)16-12/h3-5,7H,1,6H2,2H3,(H,13,14). The molecule has 1 aromatic heterocycles. The van der Waals surface area contributed by atoms with E-state index in [0.29, 0.717) is 17.4 Å². The van der Waals surface area contributed by atoms with E-state index in [1.54, 1.807) is 12.1 Å². The molecule has 1 aromatic carbocycles. The molecule has 4 heteroatoms. The summed E-state index contributed by atoms with van der Waals surface area (Å²) >= 11 is 0. The van der Waals surface area contributed by atoms with E-state index in [-0.39, 0.29) is 11.6 Å². The molecule has 1 heterocycles. The molecular weight excluding hydrogens is 204 g/mol. The largest absolute Gasteiger partial charge is 0.389 e. The Hall–Kier alpha value is -2.10. The van der Waals surface area contributed by atoms with Crippen LogP contribution in [0.5, 0.6) is 0 Å². The quantitative estimate of drug-likeness (QED) is 0.798. The van der Waals surface area contributed by atoms with Crippen molar-refractivity contribution in [1.29, 1.82) is 0 Å². The van der Waals surface area contributed by atoms with Gasteiger partial charge in [-0.3, -0.25) is 0 Å². The molecule has 1 N–H and O–H groups in total. The van der Waals surface area contributed by atoms with E-state index >= 15 is 0 Å². The van der Waals surface area contributed by atoms with Gasteiger partial charge in [-0.05, 0) is 24.6 Å². The molecule has 0 saturated heterocycles. The lowest BCUT2D eigenvalue weighted by molar-refractivity contribution is 0.518. The Bertz CT molecular complexity index is 587. The Morgan fingerprint density at radius 2 is 2.38 bits per heavy atom. The van der Waals surface area contributed by atoms with Crippen molar-refractivity contribution < 1.29 is 4.42 Å². The van der Waals surface area contributed by atoms with Gasteiger partial charge in [0, 0.05) is 6.54 Å². The summed E-state index contributed by atoms with van der Waals surface area (Å²) in [7, 11) is 0. The fourth-order valence-corrected chi connectivity index (χ4v) is 1.42. The normalized spacial score (nSPS) is 10.3. The molecule has 82 valence electrons. The maximum Gasteiger partial charge on any atom is 0.348 e. The first-order chi connectivity index (χ1) is 7.70. The molecule has 0 spiro atoms. The molecule has 0 radical (unpaired) electrons. The highest BCUT2D eigenvalue weighted by Crippen LogP contribution is 2.12. The Balaban J connectivity index is 2.56. The van der Waals surface area contributed by atoms with Gasteiger partial charge in [0.05, 0.1) is 10.9 Å². The van der Waals surface area contributed by atoms with Gasteiger partial charge in [-0.25, -0.2) is 4.79 Å². The summed E-state index contributed by atoms with van der Waals surface area (Å²) in [6.45, 7) is 6.02. The summed E-state index contributed by atoms with van der Waals surface area (Å²) in [4.78, 5) is 15.8. The predicted molar refractivity (Wildman–Crippen MR) is 63.7 cm³/mol. The first-order valence-electron chi connectivity index (χ1n) is 4.97. The summed E-state index contributed by atoms with van der Waals surface area (Å²) < 4.78 is 5.01. The number of benzene rings is 1. The average Bonchev–Trinajstić information content (AvgIpc) is 2.25. The molecule has 0 saturated carbocycles. The van der Waals surface area contributed by atoms with Crippen LogP contribution in [0, 0.1) is 6.92 Å². The Kier molecular flexibility index (Phi) is 2.72. The fourth-order valence-electron chi connectivity index (χ4n) is 1.42. The molecular formula is C12H12N2O2. The van der Waals surface area contributed by atoms with Crippen LogP contribution in [0.2, 0.25) is 0 Å². The van der Waals surface area contributed by atoms with Crippen molar-refractivity contribution in [3.8, 4) is 0 Å². The van der Waals surface area contributed by atoms with Gasteiger partial charge in [-0.15, -0.1) is 6.58 Å². The molecule has 16 heavy (non-hydrogen) atoms. The lowest BCUT2D eigenvalue weighted by Crippen LogP contribution is -2.07. The highest BCUT2D eigenvalue weighted by Gasteiger charge is 2.05. The number of nitrogens with one attached hydrogen (secondary N) is 1. The summed E-state index contributed by atoms with van der Waals surface area (Å²) in [5.74, 6) is 0. The molecule has 0 aliphatic heterocycles. The second kappa shape index (κ2) is 4.18. The lowest BCUT2D eigenvalue weighted by Gasteiger charge is -2.02. The summed E-state index contributed by atoms with van der Waals surface area (Å²) in [6.07, 6.45) is 1.67. The topological polar surface area (TPSA) is 55.1 Å². The van der Waals surface area contributed by atoms with Crippen LogP contribution in [-0.4, -0.2) is 11.5 Å². The van der Waals surface area contributed by atoms with Crippen molar-refractivity contribution in [3.05, 3.63) is 46.8 Å². The van der Waals surface area contributed by atoms with E-state index in [1.165, 1.54) is 0 Å². The molecule has 0 aliphatic rings. The highest BCUT2D eigenvalue weighted by molar-refractivity contribution is 5.78. The number of nitrogens with zero attached hydrogens (tertiary/aromatic N) is 1. The zero-order chi connectivity index (χ0) is 11.5. The van der Waals surface area contributed by atoms with E-state index in [0.717, 1.165) is 5.56 Å². The minimum Gasteiger partial charge on any atom is -0.389 e. The molecule has 2 aromatic rings. The van der Waals surface area contributed by atoms with Gasteiger partial charge in [0.15, 0.2) is 0 Å². The molecule has 0 bridgehead atoms. The molecule has 2 rings (SSSR count). The number of aryl methyl sites for hydroxylation is 1. The SMILES string of the molecule is C=CCNc1nc2cc(C)ccc2c(=O)o1. The maximum atomic E-state index is 11.6. The van der Waals surface area contributed by atoms with E-state index in [4.69, 9.17) is 4.42 Å². The molecule has 0 atom stereocenters. The van der Waals surface area contributed by atoms with Crippen LogP contribution in [0.4, 0.5) is 6.01 Å². The molecule has 0 fully saturated rings. The van der Waals surface area contributed by atoms with Crippen LogP contribution >= 0.6 is 0 Å². The molecule has 0 unspecified atom stereocenters. The van der Waals surface area contributed by atoms with Gasteiger partial charge in [0.2, 0.25) is 0 Å². The number of anilines is 1. The Morgan fingerprint density at radius 1 is 1.56 bits per heavy atom. The second-order valence-electron chi connectivity index (χ2n) is 3.50. The van der Waals surface area contributed by atoms with E-state index < -0.39 is 0 Å². The van der Waals surface area contributed by atoms with Crippen LogP contribution in [-0.2, 0) is 0 Å². The van der Waals surface area contributed by atoms with Gasteiger partial charge in [0.25, 0.3) is 6.01 Å². The zero-order valence-corrected chi connectivity index (χ0v) is 8.99. The van der Waals surface area contributed by atoms with Crippen molar-refractivity contribution in [3.63, 3.8) is 0 Å². The predicted octanol–water partition coefficient (Wildman–Crippen LogP) is 2.09. The number of rotatable bonds is 3. The maximum absolute atomic E-state index is 11.6. The minimum atomic E-state index is -0.378. The first-order valence-corrected chi connectivity index (χ1v) is 4.97. The highest BCUT2D eigenvalue weighted by atomic mass is 16.4. The monoisotopic (exact) mass is 216 g/mol. The summed E-state index contributed by atoms with van der Waals surface area (Å²) in [6, 6.07) is 5.66. The van der Waals surface area contributed by atoms with Crippen LogP contribution in [0.15, 0.2) is 40.1 Å². The van der Waals surface area contributed by atoms with Crippen LogP contribution in [0.1, 0.15) is 5.56 Å². The van der Waals surface area contributed by atoms with Crippen molar-refractivity contribution in [1.82, 2.24) is 4.98 Å². The summed E-state index contributed by atoms with van der Waals surface area (Å²) in [5, 5.41) is 3.35. The minimum absolute atomic E-state index is 0.225. The molecule has 0 amide bonds. The van der Waals surface area contributed by atoms with Gasteiger partial charge >= 0.3 is 5.63 Å². The Labute approximate surface area is 92.6 Å². The van der Waals surface area contributed by atoms with Gasteiger partial charge in [-0.1, -0.05) is 12.1 Å². The number of aromatic nitrogens is 1. The molecule has 0 aliphatic carbocycles. The second-order valence-corrected chi connectivity index (χ2v) is 3.50. The summed E-state index contributed by atoms with van der Waals surface area (Å²) in [5.41, 5.74) is 1.32. The van der Waals surface area contributed by atoms with Gasteiger partial charge in [-0.2, -0.15) is 4.98 Å². The van der Waals surface area contributed by atoms with Crippen molar-refractivity contribution >= 4 is 16.9 Å². The number of fused-ring (bicyclic) bond motifs is 1. The van der Waals surface area contributed by atoms with E-state index in [9.17, 15) is 4.79 Å². The first kappa shape index (κ1) is 10.4. The van der Waals surface area contributed by atoms with Gasteiger partial charge in [0.1, 0.15) is 0 Å². The third kappa shape index (κ3) is 1.95. The fraction of sp³-hybridized carbons (Fsp3) is 0.167. The van der Waals surface area contributed by atoms with Crippen LogP contribution in [0.25, 0.3) is 10.9 Å². The van der Waals surface area contributed by atoms with Crippen LogP contribution < -0.4 is 10.9 Å². The van der Waals surface area contributed by atoms with Crippen molar-refractivity contribution in [2.45, 2.75) is 6.92 Å². The lowest BCUT2D eigenvalue weighted by atomic mass is 10.2. The smallest absolute Gasteiger partial charge is 0.348 e. The van der Waals surface area contributed by atoms with Crippen molar-refractivity contribution in [2.24, 2.45) is 0 Å². The third-order valence-electron chi connectivity index (χ3n) is 2.18. The van der Waals surface area contributed by atoms with Crippen LogP contribution in [0.3, 0.4) is 0 Å². The number of hydrogen-bond acceptors (Lipinski definition) is 4. The van der Waals surface area contributed by atoms with E-state index in [1.807, 2.05) is 19.1 Å². The average molecular weight is 216 g/mol. The van der Waals surface area contributed by atoms with Gasteiger partial charge < -0.3 is 9.73 Å². The Morgan fingerprint density at radius 3 is 3.12 bits per heavy atom. The third-order valence-corrected chi connectivity index (χ3v) is 2.18. The molecule has 4 nitrogen and oxygen atoms in total. The van der Waals surface area contributed by atoms with Crippen molar-refractivity contribution in [2.75, 3.05) is 11.9 Å². The number of hydrogen-bond donors (Lipinski definition) is 1.